The minimum Gasteiger partial charge on any atom is -0.309 e. The fourth-order valence-corrected chi connectivity index (χ4v) is 13.7. The number of rotatable bonds is 9. The number of hydrogen-bond acceptors (Lipinski definition) is 6. The Balaban J connectivity index is 0.000000139. The lowest BCUT2D eigenvalue weighted by Gasteiger charge is -2.12. The molecule has 0 unspecified atom stereocenters. The molecule has 0 atom stereocenters. The van der Waals surface area contributed by atoms with Gasteiger partial charge in [0.05, 0.1) is 44.1 Å². The van der Waals surface area contributed by atoms with Crippen molar-refractivity contribution in [2.24, 2.45) is 0 Å². The Labute approximate surface area is 539 Å². The summed E-state index contributed by atoms with van der Waals surface area (Å²) in [5.74, 6) is 3.70. The summed E-state index contributed by atoms with van der Waals surface area (Å²) in [6, 6.07) is 114. The molecular weight excluding hydrogens is 1150 g/mol. The smallest absolute Gasteiger partial charge is 0.238 e. The third-order valence-electron chi connectivity index (χ3n) is 18.0. The molecule has 0 aliphatic rings. The molecule has 0 saturated carbocycles. The van der Waals surface area contributed by atoms with E-state index in [1.54, 1.807) is 0 Å². The van der Waals surface area contributed by atoms with E-state index in [4.69, 9.17) is 29.9 Å². The van der Waals surface area contributed by atoms with Gasteiger partial charge in [-0.15, -0.1) is 0 Å². The normalized spacial score (nSPS) is 11.6. The quantitative estimate of drug-likeness (QED) is 0.143. The monoisotopic (exact) mass is 1200 g/mol. The number of para-hydroxylation sites is 6. The van der Waals surface area contributed by atoms with Crippen LogP contribution < -0.4 is 0 Å². The standard InChI is InChI=1S/C45H29N5.C39H25N5/c1-4-14-30(15-5-1)31-24-26-33(27-25-31)44-46-43(32-16-6-2-7-17-32)47-45(48-44)50-40-23-13-11-21-36(40)38-28-37-35-20-10-12-22-39(35)49(41(37)29-42(38)50)34-18-8-3-9-19-34;1-4-14-26(15-5-1)37-40-38(27-16-6-2-7-17-27)42-39(41-37)44-34-23-13-11-21-30(34)32-24-31-29-20-10-12-22-33(29)43(35(31)25-36(32)44)28-18-8-3-9-19-28/h1-29H;1-25H. The molecule has 0 aliphatic carbocycles. The Bertz CT molecular complexity index is 6000. The highest BCUT2D eigenvalue weighted by molar-refractivity contribution is 6.20. The highest BCUT2D eigenvalue weighted by Gasteiger charge is 2.24. The van der Waals surface area contributed by atoms with E-state index in [1.165, 1.54) is 38.1 Å². The van der Waals surface area contributed by atoms with Gasteiger partial charge in [0.15, 0.2) is 23.3 Å². The van der Waals surface area contributed by atoms with E-state index < -0.39 is 0 Å². The van der Waals surface area contributed by atoms with Crippen molar-refractivity contribution in [3.63, 3.8) is 0 Å². The Morgan fingerprint density at radius 2 is 0.394 bits per heavy atom. The third kappa shape index (κ3) is 9.19. The lowest BCUT2D eigenvalue weighted by molar-refractivity contribution is 0.953. The van der Waals surface area contributed by atoms with Crippen molar-refractivity contribution in [1.29, 1.82) is 0 Å². The van der Waals surface area contributed by atoms with Crippen LogP contribution in [0.4, 0.5) is 0 Å². The first-order valence-corrected chi connectivity index (χ1v) is 31.5. The Morgan fingerprint density at radius 1 is 0.160 bits per heavy atom. The van der Waals surface area contributed by atoms with Crippen LogP contribution >= 0.6 is 0 Å². The van der Waals surface area contributed by atoms with Crippen molar-refractivity contribution in [2.45, 2.75) is 0 Å². The molecule has 0 N–H and O–H groups in total. The summed E-state index contributed by atoms with van der Waals surface area (Å²) in [5, 5.41) is 9.48. The van der Waals surface area contributed by atoms with Gasteiger partial charge in [0.2, 0.25) is 11.9 Å². The minimum absolute atomic E-state index is 0.578. The van der Waals surface area contributed by atoms with Gasteiger partial charge in [-0.05, 0) is 83.9 Å². The maximum Gasteiger partial charge on any atom is 0.238 e. The van der Waals surface area contributed by atoms with Gasteiger partial charge in [0.1, 0.15) is 0 Å². The first kappa shape index (κ1) is 54.1. The molecule has 0 saturated heterocycles. The molecule has 0 aliphatic heterocycles. The fourth-order valence-electron chi connectivity index (χ4n) is 13.7. The molecule has 13 aromatic carbocycles. The van der Waals surface area contributed by atoms with E-state index in [1.807, 2.05) is 84.9 Å². The second kappa shape index (κ2) is 22.5. The minimum atomic E-state index is 0.578. The summed E-state index contributed by atoms with van der Waals surface area (Å²) in [7, 11) is 0. The van der Waals surface area contributed by atoms with Crippen LogP contribution in [0.2, 0.25) is 0 Å². The molecule has 440 valence electrons. The zero-order valence-electron chi connectivity index (χ0n) is 50.6. The first-order chi connectivity index (χ1) is 46.6. The third-order valence-corrected chi connectivity index (χ3v) is 18.0. The van der Waals surface area contributed by atoms with E-state index in [0.717, 1.165) is 93.8 Å². The molecular formula is C84H54N10. The summed E-state index contributed by atoms with van der Waals surface area (Å²) in [6.45, 7) is 0. The predicted molar refractivity (Wildman–Crippen MR) is 384 cm³/mol. The largest absolute Gasteiger partial charge is 0.309 e. The average molecular weight is 1200 g/mol. The van der Waals surface area contributed by atoms with Crippen LogP contribution in [-0.2, 0) is 0 Å². The van der Waals surface area contributed by atoms with E-state index in [9.17, 15) is 0 Å². The molecule has 19 aromatic rings. The highest BCUT2D eigenvalue weighted by Crippen LogP contribution is 2.42. The van der Waals surface area contributed by atoms with Gasteiger partial charge in [-0.2, -0.15) is 19.9 Å². The molecule has 0 amide bonds. The van der Waals surface area contributed by atoms with Gasteiger partial charge in [-0.1, -0.05) is 255 Å². The lowest BCUT2D eigenvalue weighted by Crippen LogP contribution is -2.06. The van der Waals surface area contributed by atoms with E-state index in [2.05, 4.69) is 261 Å². The van der Waals surface area contributed by atoms with Crippen molar-refractivity contribution < 1.29 is 0 Å². The molecule has 6 aromatic heterocycles. The zero-order chi connectivity index (χ0) is 62.1. The van der Waals surface area contributed by atoms with Crippen molar-refractivity contribution in [3.05, 3.63) is 328 Å². The molecule has 10 nitrogen and oxygen atoms in total. The van der Waals surface area contributed by atoms with Crippen LogP contribution in [0.1, 0.15) is 0 Å². The van der Waals surface area contributed by atoms with E-state index in [-0.39, 0.29) is 0 Å². The van der Waals surface area contributed by atoms with Crippen LogP contribution in [0.5, 0.6) is 0 Å². The molecule has 19 rings (SSSR count). The predicted octanol–water partition coefficient (Wildman–Crippen LogP) is 20.5. The topological polar surface area (TPSA) is 97.1 Å². The van der Waals surface area contributed by atoms with Crippen LogP contribution in [0.15, 0.2) is 328 Å². The molecule has 0 fully saturated rings. The summed E-state index contributed by atoms with van der Waals surface area (Å²) >= 11 is 0. The molecule has 0 radical (unpaired) electrons. The zero-order valence-corrected chi connectivity index (χ0v) is 50.6. The van der Waals surface area contributed by atoms with Crippen LogP contribution in [0, 0.1) is 0 Å². The SMILES string of the molecule is c1ccc(-c2ccc(-c3nc(-c4ccccc4)nc(-n4c5ccccc5c5cc6c7ccccc7n(-c7ccccc7)c6cc54)n3)cc2)cc1.c1ccc(-c2nc(-c3ccccc3)nc(-n3c4ccccc4c4cc5c6ccccc6n(-c6ccccc6)c5cc43)n2)cc1. The summed E-state index contributed by atoms with van der Waals surface area (Å²) < 4.78 is 9.10. The lowest BCUT2D eigenvalue weighted by atomic mass is 10.0. The van der Waals surface area contributed by atoms with Crippen LogP contribution in [0.3, 0.4) is 0 Å². The number of benzene rings is 13. The highest BCUT2D eigenvalue weighted by atomic mass is 15.2. The average Bonchev–Trinajstić information content (AvgIpc) is 1.56. The first-order valence-electron chi connectivity index (χ1n) is 31.5. The van der Waals surface area contributed by atoms with Crippen LogP contribution in [0.25, 0.3) is 167 Å². The molecule has 0 bridgehead atoms. The Morgan fingerprint density at radius 3 is 0.723 bits per heavy atom. The summed E-state index contributed by atoms with van der Waals surface area (Å²) in [5.41, 5.74) is 17.1. The molecule has 10 heteroatoms. The number of nitrogens with zero attached hydrogens (tertiary/aromatic N) is 10. The van der Waals surface area contributed by atoms with Gasteiger partial charge in [-0.25, -0.2) is 9.97 Å². The maximum atomic E-state index is 5.21. The van der Waals surface area contributed by atoms with Gasteiger partial charge >= 0.3 is 0 Å². The van der Waals surface area contributed by atoms with Crippen molar-refractivity contribution in [3.8, 4) is 79.9 Å². The van der Waals surface area contributed by atoms with Gasteiger partial charge in [0, 0.05) is 76.7 Å². The summed E-state index contributed by atoms with van der Waals surface area (Å²) in [6.07, 6.45) is 0. The van der Waals surface area contributed by atoms with Crippen molar-refractivity contribution in [2.75, 3.05) is 0 Å². The summed E-state index contributed by atoms with van der Waals surface area (Å²) in [4.78, 5) is 30.6. The van der Waals surface area contributed by atoms with E-state index in [0.29, 0.717) is 35.2 Å². The second-order valence-electron chi connectivity index (χ2n) is 23.5. The van der Waals surface area contributed by atoms with Gasteiger partial charge < -0.3 is 9.13 Å². The Hall–Kier alpha value is -12.9. The number of aromatic nitrogens is 10. The van der Waals surface area contributed by atoms with E-state index >= 15 is 0 Å². The molecule has 94 heavy (non-hydrogen) atoms. The van der Waals surface area contributed by atoms with Crippen molar-refractivity contribution >= 4 is 87.2 Å². The molecule has 0 spiro atoms. The van der Waals surface area contributed by atoms with Gasteiger partial charge in [0.25, 0.3) is 0 Å². The number of fused-ring (bicyclic) bond motifs is 12. The molecule has 6 heterocycles. The maximum absolute atomic E-state index is 5.21. The van der Waals surface area contributed by atoms with Crippen molar-refractivity contribution in [1.82, 2.24) is 48.2 Å². The number of hydrogen-bond donors (Lipinski definition) is 0. The van der Waals surface area contributed by atoms with Crippen LogP contribution in [-0.4, -0.2) is 48.2 Å². The fraction of sp³-hybridized carbons (Fsp3) is 0. The second-order valence-corrected chi connectivity index (χ2v) is 23.5. The Kier molecular flexibility index (Phi) is 13.0. The van der Waals surface area contributed by atoms with Gasteiger partial charge in [-0.3, -0.25) is 9.13 Å².